The van der Waals surface area contributed by atoms with Gasteiger partial charge in [-0.1, -0.05) is 60.7 Å². The normalized spacial score (nSPS) is 22.2. The predicted octanol–water partition coefficient (Wildman–Crippen LogP) is 3.71. The molecule has 0 aromatic heterocycles. The van der Waals surface area contributed by atoms with Gasteiger partial charge >= 0.3 is 0 Å². The number of benzene rings is 2. The molecule has 2 fully saturated rings. The van der Waals surface area contributed by atoms with Crippen LogP contribution in [0.15, 0.2) is 60.7 Å². The zero-order chi connectivity index (χ0) is 18.0. The molecule has 2 atom stereocenters. The van der Waals surface area contributed by atoms with Crippen molar-refractivity contribution in [3.8, 4) is 0 Å². The van der Waals surface area contributed by atoms with Gasteiger partial charge in [0, 0.05) is 17.9 Å². The second-order valence-corrected chi connectivity index (χ2v) is 7.97. The molecule has 2 aromatic rings. The number of carbonyl (C=O) groups is 1. The molecule has 2 N–H and O–H groups in total. The van der Waals surface area contributed by atoms with E-state index in [4.69, 9.17) is 0 Å². The van der Waals surface area contributed by atoms with E-state index in [-0.39, 0.29) is 29.2 Å². The highest BCUT2D eigenvalue weighted by molar-refractivity contribution is 5.83. The fourth-order valence-corrected chi connectivity index (χ4v) is 4.69. The van der Waals surface area contributed by atoms with Crippen LogP contribution >= 0.6 is 0 Å². The van der Waals surface area contributed by atoms with Crippen molar-refractivity contribution in [1.82, 2.24) is 10.6 Å². The molecule has 3 nitrogen and oxygen atoms in total. The third-order valence-electron chi connectivity index (χ3n) is 6.29. The van der Waals surface area contributed by atoms with E-state index in [1.807, 2.05) is 12.1 Å². The number of rotatable bonds is 5. The second kappa shape index (κ2) is 7.24. The Morgan fingerprint density at radius 3 is 2.08 bits per heavy atom. The van der Waals surface area contributed by atoms with E-state index in [2.05, 4.69) is 66.1 Å². The van der Waals surface area contributed by atoms with Gasteiger partial charge in [-0.25, -0.2) is 0 Å². The Morgan fingerprint density at radius 2 is 1.54 bits per heavy atom. The third-order valence-corrected chi connectivity index (χ3v) is 6.29. The van der Waals surface area contributed by atoms with Crippen LogP contribution in [0.25, 0.3) is 0 Å². The Hall–Kier alpha value is -2.13. The third kappa shape index (κ3) is 3.41. The molecule has 1 aliphatic carbocycles. The number of carbonyl (C=O) groups excluding carboxylic acids is 1. The van der Waals surface area contributed by atoms with E-state index in [0.29, 0.717) is 0 Å². The van der Waals surface area contributed by atoms with Gasteiger partial charge in [-0.05, 0) is 55.8 Å². The largest absolute Gasteiger partial charge is 0.352 e. The molecule has 0 radical (unpaired) electrons. The van der Waals surface area contributed by atoms with Crippen LogP contribution < -0.4 is 10.6 Å². The maximum Gasteiger partial charge on any atom is 0.223 e. The average molecular weight is 348 g/mol. The average Bonchev–Trinajstić information content (AvgIpc) is 3.37. The lowest BCUT2D eigenvalue weighted by molar-refractivity contribution is -0.124. The summed E-state index contributed by atoms with van der Waals surface area (Å²) < 4.78 is 0. The summed E-state index contributed by atoms with van der Waals surface area (Å²) in [7, 11) is 0. The first-order chi connectivity index (χ1) is 12.7. The van der Waals surface area contributed by atoms with Crippen molar-refractivity contribution in [2.75, 3.05) is 13.1 Å². The summed E-state index contributed by atoms with van der Waals surface area (Å²) in [6.07, 6.45) is 3.34. The minimum Gasteiger partial charge on any atom is -0.352 e. The standard InChI is InChI=1S/C23H28N2O/c1-17(25-22(26)20-16-23(20)12-14-24-15-13-23)21(18-8-4-2-5-9-18)19-10-6-3-7-11-19/h2-11,17,20-21,24H,12-16H2,1H3,(H,25,26)/t17-,20+/m1/s1. The Balaban J connectivity index is 1.50. The van der Waals surface area contributed by atoms with Crippen LogP contribution in [0.4, 0.5) is 0 Å². The molecule has 136 valence electrons. The Kier molecular flexibility index (Phi) is 4.82. The predicted molar refractivity (Wildman–Crippen MR) is 105 cm³/mol. The molecule has 1 heterocycles. The minimum absolute atomic E-state index is 0.0617. The highest BCUT2D eigenvalue weighted by Crippen LogP contribution is 2.58. The lowest BCUT2D eigenvalue weighted by Crippen LogP contribution is -2.40. The zero-order valence-electron chi connectivity index (χ0n) is 15.4. The quantitative estimate of drug-likeness (QED) is 0.865. The smallest absolute Gasteiger partial charge is 0.223 e. The van der Waals surface area contributed by atoms with Crippen LogP contribution in [0, 0.1) is 11.3 Å². The zero-order valence-corrected chi connectivity index (χ0v) is 15.4. The van der Waals surface area contributed by atoms with E-state index in [1.165, 1.54) is 11.1 Å². The summed E-state index contributed by atoms with van der Waals surface area (Å²) in [5.41, 5.74) is 2.78. The molecule has 0 unspecified atom stereocenters. The summed E-state index contributed by atoms with van der Waals surface area (Å²) in [4.78, 5) is 12.9. The lowest BCUT2D eigenvalue weighted by atomic mass is 9.85. The van der Waals surface area contributed by atoms with Crippen LogP contribution in [-0.2, 0) is 4.79 Å². The molecule has 2 aliphatic rings. The van der Waals surface area contributed by atoms with E-state index in [9.17, 15) is 4.79 Å². The summed E-state index contributed by atoms with van der Waals surface area (Å²) in [5.74, 6) is 0.625. The van der Waals surface area contributed by atoms with Crippen LogP contribution in [0.1, 0.15) is 43.2 Å². The van der Waals surface area contributed by atoms with Crippen molar-refractivity contribution in [2.45, 2.75) is 38.1 Å². The molecule has 1 spiro atoms. The van der Waals surface area contributed by atoms with Gasteiger partial charge in [-0.3, -0.25) is 4.79 Å². The molecule has 0 bridgehead atoms. The van der Waals surface area contributed by atoms with Crippen molar-refractivity contribution in [3.63, 3.8) is 0 Å². The molecule has 4 rings (SSSR count). The van der Waals surface area contributed by atoms with Crippen molar-refractivity contribution >= 4 is 5.91 Å². The number of hydrogen-bond acceptors (Lipinski definition) is 2. The summed E-state index contributed by atoms with van der Waals surface area (Å²) in [5, 5.41) is 6.76. The van der Waals surface area contributed by atoms with Crippen LogP contribution in [0.2, 0.25) is 0 Å². The molecule has 3 heteroatoms. The first-order valence-electron chi connectivity index (χ1n) is 9.81. The monoisotopic (exact) mass is 348 g/mol. The van der Waals surface area contributed by atoms with Crippen molar-refractivity contribution in [3.05, 3.63) is 71.8 Å². The number of piperidine rings is 1. The number of nitrogens with one attached hydrogen (secondary N) is 2. The van der Waals surface area contributed by atoms with E-state index in [1.54, 1.807) is 0 Å². The number of hydrogen-bond donors (Lipinski definition) is 2. The fourth-order valence-electron chi connectivity index (χ4n) is 4.69. The van der Waals surface area contributed by atoms with Gasteiger partial charge in [0.05, 0.1) is 0 Å². The Labute approximate surface area is 156 Å². The van der Waals surface area contributed by atoms with Crippen molar-refractivity contribution in [1.29, 1.82) is 0 Å². The first kappa shape index (κ1) is 17.3. The molecule has 1 aliphatic heterocycles. The molecule has 2 aromatic carbocycles. The highest BCUT2D eigenvalue weighted by atomic mass is 16.2. The van der Waals surface area contributed by atoms with Gasteiger partial charge in [-0.15, -0.1) is 0 Å². The summed E-state index contributed by atoms with van der Waals surface area (Å²) >= 11 is 0. The van der Waals surface area contributed by atoms with Crippen LogP contribution in [0.3, 0.4) is 0 Å². The van der Waals surface area contributed by atoms with Crippen LogP contribution in [0.5, 0.6) is 0 Å². The minimum atomic E-state index is 0.0617. The Bertz CT molecular complexity index is 698. The SMILES string of the molecule is C[C@@H](NC(=O)[C@@H]1CC12CCNCC2)C(c1ccccc1)c1ccccc1. The topological polar surface area (TPSA) is 41.1 Å². The second-order valence-electron chi connectivity index (χ2n) is 7.97. The van der Waals surface area contributed by atoms with Gasteiger partial charge < -0.3 is 10.6 Å². The first-order valence-corrected chi connectivity index (χ1v) is 9.81. The van der Waals surface area contributed by atoms with Gasteiger partial charge in [0.15, 0.2) is 0 Å². The summed E-state index contributed by atoms with van der Waals surface area (Å²) in [6, 6.07) is 21.1. The van der Waals surface area contributed by atoms with Crippen molar-refractivity contribution in [2.24, 2.45) is 11.3 Å². The lowest BCUT2D eigenvalue weighted by Gasteiger charge is -2.27. The molecule has 1 saturated heterocycles. The van der Waals surface area contributed by atoms with E-state index >= 15 is 0 Å². The maximum atomic E-state index is 12.9. The van der Waals surface area contributed by atoms with Gasteiger partial charge in [0.1, 0.15) is 0 Å². The van der Waals surface area contributed by atoms with Crippen LogP contribution in [-0.4, -0.2) is 25.0 Å². The molecule has 26 heavy (non-hydrogen) atoms. The molecular formula is C23H28N2O. The molecule has 1 amide bonds. The molecular weight excluding hydrogens is 320 g/mol. The van der Waals surface area contributed by atoms with Gasteiger partial charge in [0.25, 0.3) is 0 Å². The van der Waals surface area contributed by atoms with Gasteiger partial charge in [0.2, 0.25) is 5.91 Å². The molecule has 1 saturated carbocycles. The fraction of sp³-hybridized carbons (Fsp3) is 0.435. The highest BCUT2D eigenvalue weighted by Gasteiger charge is 2.57. The number of amides is 1. The maximum absolute atomic E-state index is 12.9. The van der Waals surface area contributed by atoms with E-state index < -0.39 is 0 Å². The summed E-state index contributed by atoms with van der Waals surface area (Å²) in [6.45, 7) is 4.24. The van der Waals surface area contributed by atoms with E-state index in [0.717, 1.165) is 32.4 Å². The Morgan fingerprint density at radius 1 is 1.00 bits per heavy atom. The van der Waals surface area contributed by atoms with Crippen molar-refractivity contribution < 1.29 is 4.79 Å². The van der Waals surface area contributed by atoms with Gasteiger partial charge in [-0.2, -0.15) is 0 Å².